The van der Waals surface area contributed by atoms with Gasteiger partial charge in [-0.05, 0) is 88.0 Å². The monoisotopic (exact) mass is 672 g/mol. The molecule has 2 unspecified atom stereocenters. The van der Waals surface area contributed by atoms with Crippen LogP contribution in [0.3, 0.4) is 0 Å². The maximum Gasteiger partial charge on any atom is 0.0600 e. The Morgan fingerprint density at radius 3 is 1.90 bits per heavy atom. The summed E-state index contributed by atoms with van der Waals surface area (Å²) in [7, 11) is 0. The Morgan fingerprint density at radius 2 is 1.18 bits per heavy atom. The lowest BCUT2D eigenvalue weighted by Crippen LogP contribution is -2.11. The SMILES string of the molecule is C=C1/C=C\C=C/N(c2ccc(-c3ccc(N(c4ccc(-c5ccccc5)cc4)c4cccc5c4SC4C=CC=CC54)cc3)cc2)c2ccccc21. The Kier molecular flexibility index (Phi) is 8.11. The van der Waals surface area contributed by atoms with E-state index in [0.717, 1.165) is 33.9 Å². The molecule has 0 radical (unpaired) electrons. The Labute approximate surface area is 304 Å². The fourth-order valence-corrected chi connectivity index (χ4v) is 8.81. The second kappa shape index (κ2) is 13.4. The van der Waals surface area contributed by atoms with Gasteiger partial charge in [-0.3, -0.25) is 0 Å². The fraction of sp³-hybridized carbons (Fsp3) is 0.0417. The molecule has 6 aromatic rings. The average Bonchev–Trinajstić information content (AvgIpc) is 3.58. The van der Waals surface area contributed by atoms with Crippen LogP contribution >= 0.6 is 11.8 Å². The number of para-hydroxylation sites is 1. The third kappa shape index (κ3) is 5.86. The van der Waals surface area contributed by atoms with Crippen LogP contribution < -0.4 is 9.80 Å². The van der Waals surface area contributed by atoms with Crippen LogP contribution in [-0.4, -0.2) is 5.25 Å². The molecule has 51 heavy (non-hydrogen) atoms. The van der Waals surface area contributed by atoms with Gasteiger partial charge in [0.2, 0.25) is 0 Å². The van der Waals surface area contributed by atoms with E-state index in [0.29, 0.717) is 11.2 Å². The van der Waals surface area contributed by atoms with Crippen molar-refractivity contribution in [3.63, 3.8) is 0 Å². The lowest BCUT2D eigenvalue weighted by molar-refractivity contribution is 0.880. The van der Waals surface area contributed by atoms with Crippen LogP contribution in [0, 0.1) is 0 Å². The first-order valence-electron chi connectivity index (χ1n) is 17.4. The van der Waals surface area contributed by atoms with Gasteiger partial charge in [-0.25, -0.2) is 0 Å². The van der Waals surface area contributed by atoms with E-state index in [4.69, 9.17) is 0 Å². The van der Waals surface area contributed by atoms with Crippen molar-refractivity contribution < 1.29 is 0 Å². The molecule has 0 saturated carbocycles. The molecule has 1 aliphatic carbocycles. The standard InChI is InChI=1S/C48H36N2S/c1-34-12-9-10-33-49(45-18-7-5-15-42(34)45)39-27-21-37(22-28-39)38-25-31-41(32-26-38)50(40-29-23-36(24-30-40)35-13-3-2-4-14-35)46-19-11-17-44-43-16-6-8-20-47(43)51-48(44)46/h2-33,43,47H,1H2/b12-9-,33-10-. The van der Waals surface area contributed by atoms with Gasteiger partial charge in [0.15, 0.2) is 0 Å². The van der Waals surface area contributed by atoms with Crippen LogP contribution in [0.4, 0.5) is 28.4 Å². The van der Waals surface area contributed by atoms with Crippen molar-refractivity contribution >= 4 is 45.8 Å². The zero-order valence-electron chi connectivity index (χ0n) is 28.1. The first kappa shape index (κ1) is 31.0. The maximum absolute atomic E-state index is 4.29. The molecular formula is C48H36N2S. The van der Waals surface area contributed by atoms with E-state index in [2.05, 4.69) is 205 Å². The summed E-state index contributed by atoms with van der Waals surface area (Å²) in [4.78, 5) is 6.01. The summed E-state index contributed by atoms with van der Waals surface area (Å²) in [6.45, 7) is 4.29. The molecule has 3 heteroatoms. The van der Waals surface area contributed by atoms with Gasteiger partial charge in [0, 0.05) is 44.9 Å². The van der Waals surface area contributed by atoms with Crippen molar-refractivity contribution in [2.45, 2.75) is 16.1 Å². The van der Waals surface area contributed by atoms with Gasteiger partial charge >= 0.3 is 0 Å². The van der Waals surface area contributed by atoms with E-state index in [-0.39, 0.29) is 0 Å². The molecular weight excluding hydrogens is 637 g/mol. The van der Waals surface area contributed by atoms with Crippen molar-refractivity contribution in [3.05, 3.63) is 212 Å². The highest BCUT2D eigenvalue weighted by atomic mass is 32.2. The normalized spacial score (nSPS) is 18.3. The number of benzene rings is 6. The van der Waals surface area contributed by atoms with E-state index in [1.807, 2.05) is 17.8 Å². The molecule has 2 nitrogen and oxygen atoms in total. The lowest BCUT2D eigenvalue weighted by atomic mass is 9.92. The quantitative estimate of drug-likeness (QED) is 0.174. The highest BCUT2D eigenvalue weighted by molar-refractivity contribution is 8.00. The molecule has 0 spiro atoms. The number of anilines is 5. The third-order valence-corrected chi connectivity index (χ3v) is 11.4. The lowest BCUT2D eigenvalue weighted by Gasteiger charge is -2.28. The molecule has 0 bridgehead atoms. The van der Waals surface area contributed by atoms with E-state index >= 15 is 0 Å². The summed E-state index contributed by atoms with van der Waals surface area (Å²) in [6.07, 6.45) is 17.4. The minimum Gasteiger partial charge on any atom is -0.317 e. The van der Waals surface area contributed by atoms with E-state index in [1.54, 1.807) is 0 Å². The van der Waals surface area contributed by atoms with Crippen LogP contribution in [-0.2, 0) is 0 Å². The van der Waals surface area contributed by atoms with Gasteiger partial charge < -0.3 is 9.80 Å². The third-order valence-electron chi connectivity index (χ3n) is 9.95. The molecule has 2 heterocycles. The zero-order chi connectivity index (χ0) is 34.1. The minimum atomic E-state index is 0.403. The van der Waals surface area contributed by atoms with E-state index in [9.17, 15) is 0 Å². The van der Waals surface area contributed by atoms with Gasteiger partial charge in [0.05, 0.1) is 11.4 Å². The van der Waals surface area contributed by atoms with E-state index in [1.165, 1.54) is 38.4 Å². The van der Waals surface area contributed by atoms with Crippen LogP contribution in [0.1, 0.15) is 17.0 Å². The second-order valence-electron chi connectivity index (χ2n) is 13.0. The molecule has 0 saturated heterocycles. The van der Waals surface area contributed by atoms with Crippen molar-refractivity contribution in [2.75, 3.05) is 9.80 Å². The number of allylic oxidation sites excluding steroid dienone is 7. The predicted molar refractivity (Wildman–Crippen MR) is 219 cm³/mol. The number of rotatable bonds is 6. The summed E-state index contributed by atoms with van der Waals surface area (Å²) in [5.41, 5.74) is 14.0. The van der Waals surface area contributed by atoms with Crippen LogP contribution in [0.2, 0.25) is 0 Å². The second-order valence-corrected chi connectivity index (χ2v) is 14.2. The summed E-state index contributed by atoms with van der Waals surface area (Å²) in [5.74, 6) is 0.403. The highest BCUT2D eigenvalue weighted by Crippen LogP contribution is 2.54. The first-order valence-corrected chi connectivity index (χ1v) is 18.3. The Hall–Kier alpha value is -6.03. The molecule has 0 N–H and O–H groups in total. The van der Waals surface area contributed by atoms with Crippen LogP contribution in [0.15, 0.2) is 206 Å². The van der Waals surface area contributed by atoms with Crippen molar-refractivity contribution in [2.24, 2.45) is 0 Å². The van der Waals surface area contributed by atoms with Gasteiger partial charge in [-0.1, -0.05) is 140 Å². The molecule has 3 aliphatic rings. The molecule has 244 valence electrons. The van der Waals surface area contributed by atoms with Crippen molar-refractivity contribution in [3.8, 4) is 22.3 Å². The fourth-order valence-electron chi connectivity index (χ4n) is 7.36. The number of nitrogens with zero attached hydrogens (tertiary/aromatic N) is 2. The van der Waals surface area contributed by atoms with Crippen LogP contribution in [0.5, 0.6) is 0 Å². The average molecular weight is 673 g/mol. The predicted octanol–water partition coefficient (Wildman–Crippen LogP) is 13.4. The number of hydrogen-bond donors (Lipinski definition) is 0. The molecule has 2 aliphatic heterocycles. The zero-order valence-corrected chi connectivity index (χ0v) is 29.0. The summed E-state index contributed by atoms with van der Waals surface area (Å²) in [6, 6.07) is 52.7. The van der Waals surface area contributed by atoms with E-state index < -0.39 is 0 Å². The number of fused-ring (bicyclic) bond motifs is 4. The molecule has 0 aromatic heterocycles. The highest BCUT2D eigenvalue weighted by Gasteiger charge is 2.34. The molecule has 0 amide bonds. The molecule has 2 atom stereocenters. The van der Waals surface area contributed by atoms with Gasteiger partial charge in [0.25, 0.3) is 0 Å². The van der Waals surface area contributed by atoms with Gasteiger partial charge in [-0.15, -0.1) is 11.8 Å². The topological polar surface area (TPSA) is 6.48 Å². The Balaban J connectivity index is 1.06. The van der Waals surface area contributed by atoms with Gasteiger partial charge in [-0.2, -0.15) is 0 Å². The molecule has 0 fully saturated rings. The van der Waals surface area contributed by atoms with Crippen LogP contribution in [0.25, 0.3) is 27.8 Å². The summed E-state index contributed by atoms with van der Waals surface area (Å²) in [5, 5.41) is 0.428. The smallest absolute Gasteiger partial charge is 0.0600 e. The van der Waals surface area contributed by atoms with Gasteiger partial charge in [0.1, 0.15) is 0 Å². The van der Waals surface area contributed by atoms with Crippen molar-refractivity contribution in [1.82, 2.24) is 0 Å². The Bertz CT molecular complexity index is 2350. The number of hydrogen-bond acceptors (Lipinski definition) is 3. The van der Waals surface area contributed by atoms with Crippen molar-refractivity contribution in [1.29, 1.82) is 0 Å². The first-order chi connectivity index (χ1) is 25.2. The number of thioether (sulfide) groups is 1. The summed E-state index contributed by atoms with van der Waals surface area (Å²) >= 11 is 1.98. The largest absolute Gasteiger partial charge is 0.317 e. The minimum absolute atomic E-state index is 0.403. The molecule has 6 aromatic carbocycles. The molecule has 9 rings (SSSR count). The maximum atomic E-state index is 4.29. The Morgan fingerprint density at radius 1 is 0.549 bits per heavy atom. The summed E-state index contributed by atoms with van der Waals surface area (Å²) < 4.78 is 0.